The molecule has 0 fully saturated rings. The molecule has 37 heavy (non-hydrogen) atoms. The van der Waals surface area contributed by atoms with Crippen molar-refractivity contribution >= 4 is 37.3 Å². The molecule has 1 aliphatic heterocycles. The molecule has 0 atom stereocenters. The second kappa shape index (κ2) is 10.5. The van der Waals surface area contributed by atoms with E-state index in [0.717, 1.165) is 8.61 Å². The Morgan fingerprint density at radius 2 is 1.57 bits per heavy atom. The minimum absolute atomic E-state index is 0.0504. The molecule has 0 radical (unpaired) electrons. The summed E-state index contributed by atoms with van der Waals surface area (Å²) in [5, 5.41) is 0. The molecule has 9 nitrogen and oxygen atoms in total. The normalized spacial score (nSPS) is 13.5. The number of para-hydroxylation sites is 2. The maximum atomic E-state index is 13.7. The summed E-state index contributed by atoms with van der Waals surface area (Å²) in [5.74, 6) is -0.0922. The first-order valence-electron chi connectivity index (χ1n) is 11.7. The number of ether oxygens (including phenoxy) is 1. The van der Waals surface area contributed by atoms with E-state index in [9.17, 15) is 21.6 Å². The van der Waals surface area contributed by atoms with Crippen LogP contribution in [0.25, 0.3) is 0 Å². The lowest BCUT2D eigenvalue weighted by atomic mass is 10.2. The third-order valence-electron chi connectivity index (χ3n) is 6.07. The minimum atomic E-state index is -4.11. The smallest absolute Gasteiger partial charge is 0.264 e. The number of benzene rings is 3. The van der Waals surface area contributed by atoms with Crippen LogP contribution in [0.5, 0.6) is 5.75 Å². The topological polar surface area (TPSA) is 104 Å². The van der Waals surface area contributed by atoms with E-state index in [0.29, 0.717) is 36.6 Å². The van der Waals surface area contributed by atoms with E-state index in [4.69, 9.17) is 4.74 Å². The molecule has 0 aliphatic carbocycles. The number of sulfonamides is 2. The summed E-state index contributed by atoms with van der Waals surface area (Å²) in [6.07, 6.45) is 0.457. The van der Waals surface area contributed by atoms with E-state index >= 15 is 0 Å². The van der Waals surface area contributed by atoms with Crippen LogP contribution in [-0.2, 0) is 31.3 Å². The second-order valence-corrected chi connectivity index (χ2v) is 12.6. The van der Waals surface area contributed by atoms with E-state index in [-0.39, 0.29) is 15.5 Å². The summed E-state index contributed by atoms with van der Waals surface area (Å²) in [6.45, 7) is 1.97. The van der Waals surface area contributed by atoms with Crippen molar-refractivity contribution in [3.8, 4) is 5.75 Å². The zero-order valence-corrected chi connectivity index (χ0v) is 22.5. The van der Waals surface area contributed by atoms with Crippen molar-refractivity contribution in [1.29, 1.82) is 0 Å². The number of anilines is 2. The van der Waals surface area contributed by atoms with Gasteiger partial charge in [0, 0.05) is 26.3 Å². The third kappa shape index (κ3) is 5.20. The largest absolute Gasteiger partial charge is 0.492 e. The van der Waals surface area contributed by atoms with Gasteiger partial charge in [0.1, 0.15) is 12.3 Å². The second-order valence-electron chi connectivity index (χ2n) is 8.60. The Morgan fingerprint density at radius 3 is 2.24 bits per heavy atom. The molecule has 1 amide bonds. The Balaban J connectivity index is 1.71. The van der Waals surface area contributed by atoms with Gasteiger partial charge in [0.05, 0.1) is 22.1 Å². The summed E-state index contributed by atoms with van der Waals surface area (Å²) in [4.78, 5) is 15.3. The van der Waals surface area contributed by atoms with Gasteiger partial charge >= 0.3 is 0 Å². The minimum Gasteiger partial charge on any atom is -0.492 e. The summed E-state index contributed by atoms with van der Waals surface area (Å²) >= 11 is 0. The Kier molecular flexibility index (Phi) is 7.58. The van der Waals surface area contributed by atoms with Gasteiger partial charge in [0.2, 0.25) is 15.9 Å². The molecule has 0 saturated carbocycles. The average Bonchev–Trinajstić information content (AvgIpc) is 3.32. The van der Waals surface area contributed by atoms with Crippen LogP contribution in [0.3, 0.4) is 0 Å². The van der Waals surface area contributed by atoms with E-state index in [1.54, 1.807) is 61.5 Å². The molecule has 0 aromatic heterocycles. The standard InChI is InChI=1S/C26H29N3O6S2/c1-4-35-25-13-9-8-12-24(25)29(37(33,34)21-10-6-5-7-11-21)19-26(30)28-17-16-20-18-22(14-15-23(20)28)36(31,32)27(2)3/h5-15,18H,4,16-17,19H2,1-3H3. The highest BCUT2D eigenvalue weighted by atomic mass is 32.2. The van der Waals surface area contributed by atoms with Crippen LogP contribution in [0, 0.1) is 0 Å². The van der Waals surface area contributed by atoms with Crippen LogP contribution in [0.4, 0.5) is 11.4 Å². The Morgan fingerprint density at radius 1 is 0.892 bits per heavy atom. The van der Waals surface area contributed by atoms with E-state index in [1.165, 1.54) is 37.2 Å². The SMILES string of the molecule is CCOc1ccccc1N(CC(=O)N1CCc2cc(S(=O)(=O)N(C)C)ccc21)S(=O)(=O)c1ccccc1. The molecule has 0 bridgehead atoms. The molecule has 4 rings (SSSR count). The number of hydrogen-bond donors (Lipinski definition) is 0. The van der Waals surface area contributed by atoms with Gasteiger partial charge in [0.15, 0.2) is 0 Å². The quantitative estimate of drug-likeness (QED) is 0.411. The van der Waals surface area contributed by atoms with Gasteiger partial charge in [-0.1, -0.05) is 30.3 Å². The van der Waals surface area contributed by atoms with Crippen molar-refractivity contribution in [2.75, 3.05) is 43.0 Å². The summed E-state index contributed by atoms with van der Waals surface area (Å²) in [5.41, 5.74) is 1.54. The van der Waals surface area contributed by atoms with Gasteiger partial charge in [-0.15, -0.1) is 0 Å². The highest BCUT2D eigenvalue weighted by Gasteiger charge is 2.33. The Hall–Kier alpha value is -3.41. The predicted octanol–water partition coefficient (Wildman–Crippen LogP) is 3.12. The first-order valence-corrected chi connectivity index (χ1v) is 14.6. The number of rotatable bonds is 9. The molecule has 0 spiro atoms. The maximum absolute atomic E-state index is 13.7. The molecular formula is C26H29N3O6S2. The van der Waals surface area contributed by atoms with Crippen molar-refractivity contribution in [2.45, 2.75) is 23.1 Å². The van der Waals surface area contributed by atoms with E-state index < -0.39 is 32.5 Å². The Labute approximate surface area is 218 Å². The van der Waals surface area contributed by atoms with Gasteiger partial charge in [0.25, 0.3) is 10.0 Å². The lowest BCUT2D eigenvalue weighted by molar-refractivity contribution is -0.117. The van der Waals surface area contributed by atoms with E-state index in [1.807, 2.05) is 0 Å². The molecule has 1 heterocycles. The third-order valence-corrected chi connectivity index (χ3v) is 9.66. The van der Waals surface area contributed by atoms with Crippen LogP contribution in [0.15, 0.2) is 82.6 Å². The monoisotopic (exact) mass is 543 g/mol. The van der Waals surface area contributed by atoms with Crippen molar-refractivity contribution in [3.05, 3.63) is 78.4 Å². The first-order chi connectivity index (χ1) is 17.6. The lowest BCUT2D eigenvalue weighted by Gasteiger charge is -2.28. The van der Waals surface area contributed by atoms with Gasteiger partial charge in [-0.2, -0.15) is 0 Å². The number of nitrogens with zero attached hydrogens (tertiary/aromatic N) is 3. The van der Waals surface area contributed by atoms with E-state index in [2.05, 4.69) is 0 Å². The number of fused-ring (bicyclic) bond motifs is 1. The molecule has 1 aliphatic rings. The zero-order chi connectivity index (χ0) is 26.8. The molecule has 3 aromatic rings. The van der Waals surface area contributed by atoms with Gasteiger partial charge in [-0.05, 0) is 61.4 Å². The van der Waals surface area contributed by atoms with Crippen molar-refractivity contribution in [3.63, 3.8) is 0 Å². The fourth-order valence-corrected chi connectivity index (χ4v) is 6.58. The molecule has 0 N–H and O–H groups in total. The van der Waals surface area contributed by atoms with Gasteiger partial charge in [-0.25, -0.2) is 21.1 Å². The lowest BCUT2D eigenvalue weighted by Crippen LogP contribution is -2.42. The van der Waals surface area contributed by atoms with Crippen molar-refractivity contribution in [1.82, 2.24) is 4.31 Å². The highest BCUT2D eigenvalue weighted by molar-refractivity contribution is 7.93. The number of hydrogen-bond acceptors (Lipinski definition) is 6. The Bertz CT molecular complexity index is 1510. The molecular weight excluding hydrogens is 514 g/mol. The molecule has 0 unspecified atom stereocenters. The number of carbonyl (C=O) groups is 1. The molecule has 11 heteroatoms. The fraction of sp³-hybridized carbons (Fsp3) is 0.269. The molecule has 0 saturated heterocycles. The molecule has 196 valence electrons. The number of carbonyl (C=O) groups excluding carboxylic acids is 1. The number of amides is 1. The average molecular weight is 544 g/mol. The van der Waals surface area contributed by atoms with Crippen LogP contribution < -0.4 is 13.9 Å². The molecule has 3 aromatic carbocycles. The highest BCUT2D eigenvalue weighted by Crippen LogP contribution is 2.35. The van der Waals surface area contributed by atoms with Crippen LogP contribution in [0.1, 0.15) is 12.5 Å². The van der Waals surface area contributed by atoms with Crippen molar-refractivity contribution < 1.29 is 26.4 Å². The maximum Gasteiger partial charge on any atom is 0.264 e. The predicted molar refractivity (Wildman–Crippen MR) is 142 cm³/mol. The summed E-state index contributed by atoms with van der Waals surface area (Å²) < 4.78 is 60.4. The summed E-state index contributed by atoms with van der Waals surface area (Å²) in [7, 11) is -4.82. The summed E-state index contributed by atoms with van der Waals surface area (Å²) in [6, 6.07) is 19.2. The van der Waals surface area contributed by atoms with Crippen LogP contribution >= 0.6 is 0 Å². The van der Waals surface area contributed by atoms with Crippen molar-refractivity contribution in [2.24, 2.45) is 0 Å². The van der Waals surface area contributed by atoms with Gasteiger partial charge in [-0.3, -0.25) is 9.10 Å². The van der Waals surface area contributed by atoms with Crippen LogP contribution in [-0.4, -0.2) is 60.8 Å². The first kappa shape index (κ1) is 26.6. The fourth-order valence-electron chi connectivity index (χ4n) is 4.18. The zero-order valence-electron chi connectivity index (χ0n) is 20.9. The van der Waals surface area contributed by atoms with Crippen LogP contribution in [0.2, 0.25) is 0 Å². The van der Waals surface area contributed by atoms with Gasteiger partial charge < -0.3 is 9.64 Å².